The second kappa shape index (κ2) is 3.09. The van der Waals surface area contributed by atoms with E-state index in [1.165, 1.54) is 0 Å². The maximum Gasteiger partial charge on any atom is 0.0975 e. The highest BCUT2D eigenvalue weighted by Gasteiger charge is 2.33. The summed E-state index contributed by atoms with van der Waals surface area (Å²) >= 11 is 0. The number of aliphatic hydroxyl groups excluding tert-OH is 1. The van der Waals surface area contributed by atoms with Crippen LogP contribution in [0.15, 0.2) is 0 Å². The largest absolute Gasteiger partial charge is 0.389 e. The molecule has 0 aromatic carbocycles. The average Bonchev–Trinajstić information content (AvgIpc) is 2.34. The molecule has 2 unspecified atom stereocenters. The average molecular weight is 159 g/mol. The van der Waals surface area contributed by atoms with Crippen LogP contribution in [-0.2, 0) is 4.74 Å². The fourth-order valence-corrected chi connectivity index (χ4v) is 1.33. The maximum atomic E-state index is 9.64. The first kappa shape index (κ1) is 8.97. The van der Waals surface area contributed by atoms with Crippen molar-refractivity contribution < 1.29 is 9.84 Å². The van der Waals surface area contributed by atoms with Gasteiger partial charge in [0.2, 0.25) is 0 Å². The van der Waals surface area contributed by atoms with Crippen LogP contribution in [-0.4, -0.2) is 29.5 Å². The van der Waals surface area contributed by atoms with Crippen LogP contribution in [0.4, 0.5) is 0 Å². The Kier molecular flexibility index (Phi) is 2.52. The summed E-state index contributed by atoms with van der Waals surface area (Å²) in [7, 11) is 0. The topological polar surface area (TPSA) is 55.5 Å². The van der Waals surface area contributed by atoms with Crippen molar-refractivity contribution in [2.24, 2.45) is 5.73 Å². The van der Waals surface area contributed by atoms with Gasteiger partial charge in [-0.15, -0.1) is 0 Å². The molecule has 2 atom stereocenters. The summed E-state index contributed by atoms with van der Waals surface area (Å²) in [5, 5.41) is 9.64. The van der Waals surface area contributed by atoms with E-state index in [1.54, 1.807) is 0 Å². The smallest absolute Gasteiger partial charge is 0.0975 e. The molecule has 0 spiro atoms. The third-order valence-corrected chi connectivity index (χ3v) is 2.08. The van der Waals surface area contributed by atoms with Crippen LogP contribution in [0.3, 0.4) is 0 Å². The first-order valence-electron chi connectivity index (χ1n) is 4.10. The van der Waals surface area contributed by atoms with Gasteiger partial charge in [0.25, 0.3) is 0 Å². The molecule has 1 saturated heterocycles. The Morgan fingerprint density at radius 3 is 2.64 bits per heavy atom. The lowest BCUT2D eigenvalue weighted by atomic mass is 9.93. The Morgan fingerprint density at radius 2 is 2.27 bits per heavy atom. The Hall–Kier alpha value is -0.120. The fourth-order valence-electron chi connectivity index (χ4n) is 1.33. The van der Waals surface area contributed by atoms with E-state index in [0.717, 1.165) is 19.4 Å². The summed E-state index contributed by atoms with van der Waals surface area (Å²) in [6.45, 7) is 4.40. The minimum Gasteiger partial charge on any atom is -0.389 e. The van der Waals surface area contributed by atoms with Gasteiger partial charge in [0, 0.05) is 12.1 Å². The van der Waals surface area contributed by atoms with Crippen LogP contribution < -0.4 is 5.73 Å². The van der Waals surface area contributed by atoms with Crippen LogP contribution in [0.25, 0.3) is 0 Å². The van der Waals surface area contributed by atoms with Crippen LogP contribution in [0.2, 0.25) is 0 Å². The van der Waals surface area contributed by atoms with Crippen molar-refractivity contribution in [2.75, 3.05) is 6.61 Å². The Morgan fingerprint density at radius 1 is 1.64 bits per heavy atom. The van der Waals surface area contributed by atoms with Gasteiger partial charge < -0.3 is 15.6 Å². The summed E-state index contributed by atoms with van der Waals surface area (Å²) in [4.78, 5) is 0. The minimum absolute atomic E-state index is 0.0463. The second-order valence-corrected chi connectivity index (χ2v) is 3.82. The molecular weight excluding hydrogens is 142 g/mol. The van der Waals surface area contributed by atoms with Crippen molar-refractivity contribution in [1.29, 1.82) is 0 Å². The lowest BCUT2D eigenvalue weighted by Crippen LogP contribution is -2.51. The maximum absolute atomic E-state index is 9.64. The quantitative estimate of drug-likeness (QED) is 0.608. The first-order valence-corrected chi connectivity index (χ1v) is 4.10. The Labute approximate surface area is 67.5 Å². The zero-order valence-electron chi connectivity index (χ0n) is 7.21. The molecule has 0 aliphatic carbocycles. The number of rotatable bonds is 2. The predicted molar refractivity (Wildman–Crippen MR) is 43.2 cm³/mol. The molecule has 1 aliphatic rings. The molecule has 0 saturated carbocycles. The molecule has 66 valence electrons. The third kappa shape index (κ3) is 2.15. The Balaban J connectivity index is 2.46. The van der Waals surface area contributed by atoms with Gasteiger partial charge in [-0.2, -0.15) is 0 Å². The number of hydrogen-bond donors (Lipinski definition) is 2. The number of nitrogens with two attached hydrogens (primary N) is 1. The summed E-state index contributed by atoms with van der Waals surface area (Å²) in [5.41, 5.74) is 5.18. The SMILES string of the molecule is CC(C)(N)C(O)C1CCCO1. The summed E-state index contributed by atoms with van der Waals surface area (Å²) in [6, 6.07) is 0. The zero-order valence-corrected chi connectivity index (χ0v) is 7.21. The normalized spacial score (nSPS) is 28.9. The second-order valence-electron chi connectivity index (χ2n) is 3.82. The molecule has 1 fully saturated rings. The molecule has 0 amide bonds. The Bertz CT molecular complexity index is 125. The van der Waals surface area contributed by atoms with E-state index in [4.69, 9.17) is 10.5 Å². The molecule has 3 N–H and O–H groups in total. The highest BCUT2D eigenvalue weighted by atomic mass is 16.5. The summed E-state index contributed by atoms with van der Waals surface area (Å²) < 4.78 is 5.31. The number of ether oxygens (including phenoxy) is 1. The van der Waals surface area contributed by atoms with E-state index < -0.39 is 11.6 Å². The molecule has 0 bridgehead atoms. The van der Waals surface area contributed by atoms with Gasteiger partial charge in [-0.05, 0) is 26.7 Å². The zero-order chi connectivity index (χ0) is 8.48. The molecular formula is C8H17NO2. The van der Waals surface area contributed by atoms with Crippen molar-refractivity contribution in [1.82, 2.24) is 0 Å². The van der Waals surface area contributed by atoms with Crippen LogP contribution in [0.5, 0.6) is 0 Å². The van der Waals surface area contributed by atoms with Crippen molar-refractivity contribution >= 4 is 0 Å². The van der Waals surface area contributed by atoms with Gasteiger partial charge in [0.15, 0.2) is 0 Å². The van der Waals surface area contributed by atoms with Gasteiger partial charge in [0.05, 0.1) is 12.2 Å². The predicted octanol–water partition coefficient (Wildman–Crippen LogP) is 0.264. The van der Waals surface area contributed by atoms with E-state index >= 15 is 0 Å². The molecule has 1 aliphatic heterocycles. The summed E-state index contributed by atoms with van der Waals surface area (Å²) in [5.74, 6) is 0. The van der Waals surface area contributed by atoms with Gasteiger partial charge >= 0.3 is 0 Å². The van der Waals surface area contributed by atoms with E-state index in [0.29, 0.717) is 0 Å². The van der Waals surface area contributed by atoms with E-state index in [2.05, 4.69) is 0 Å². The van der Waals surface area contributed by atoms with Crippen molar-refractivity contribution in [3.63, 3.8) is 0 Å². The van der Waals surface area contributed by atoms with E-state index in [9.17, 15) is 5.11 Å². The monoisotopic (exact) mass is 159 g/mol. The molecule has 0 radical (unpaired) electrons. The van der Waals surface area contributed by atoms with Gasteiger partial charge in [-0.1, -0.05) is 0 Å². The lowest BCUT2D eigenvalue weighted by molar-refractivity contribution is -0.0332. The summed E-state index contributed by atoms with van der Waals surface area (Å²) in [6.07, 6.45) is 1.39. The minimum atomic E-state index is -0.547. The van der Waals surface area contributed by atoms with Crippen LogP contribution in [0.1, 0.15) is 26.7 Å². The van der Waals surface area contributed by atoms with Crippen molar-refractivity contribution in [3.05, 3.63) is 0 Å². The van der Waals surface area contributed by atoms with E-state index in [-0.39, 0.29) is 6.10 Å². The van der Waals surface area contributed by atoms with E-state index in [1.807, 2.05) is 13.8 Å². The number of hydrogen-bond acceptors (Lipinski definition) is 3. The highest BCUT2D eigenvalue weighted by Crippen LogP contribution is 2.21. The van der Waals surface area contributed by atoms with Crippen LogP contribution >= 0.6 is 0 Å². The standard InChI is InChI=1S/C8H17NO2/c1-8(2,9)7(10)6-4-3-5-11-6/h6-7,10H,3-5,9H2,1-2H3. The molecule has 0 aromatic heterocycles. The van der Waals surface area contributed by atoms with Crippen molar-refractivity contribution in [2.45, 2.75) is 44.4 Å². The molecule has 3 heteroatoms. The third-order valence-electron chi connectivity index (χ3n) is 2.08. The molecule has 3 nitrogen and oxygen atoms in total. The fraction of sp³-hybridized carbons (Fsp3) is 1.00. The molecule has 1 heterocycles. The first-order chi connectivity index (χ1) is 5.02. The van der Waals surface area contributed by atoms with Gasteiger partial charge in [0.1, 0.15) is 0 Å². The van der Waals surface area contributed by atoms with Gasteiger partial charge in [-0.3, -0.25) is 0 Å². The molecule has 11 heavy (non-hydrogen) atoms. The lowest BCUT2D eigenvalue weighted by Gasteiger charge is -2.29. The van der Waals surface area contributed by atoms with Gasteiger partial charge in [-0.25, -0.2) is 0 Å². The number of aliphatic hydroxyl groups is 1. The molecule has 0 aromatic rings. The van der Waals surface area contributed by atoms with Crippen molar-refractivity contribution in [3.8, 4) is 0 Å². The molecule has 1 rings (SSSR count). The van der Waals surface area contributed by atoms with Crippen LogP contribution in [0, 0.1) is 0 Å². The highest BCUT2D eigenvalue weighted by molar-refractivity contribution is 4.89.